The zero-order valence-electron chi connectivity index (χ0n) is 15.2. The molecule has 9 heteroatoms. The van der Waals surface area contributed by atoms with Gasteiger partial charge in [-0.05, 0) is 43.2 Å². The fraction of sp³-hybridized carbons (Fsp3) is 0.316. The van der Waals surface area contributed by atoms with Gasteiger partial charge in [-0.2, -0.15) is 0 Å². The van der Waals surface area contributed by atoms with Crippen LogP contribution >= 0.6 is 0 Å². The minimum atomic E-state index is -1.22. The Balaban J connectivity index is 1.74. The molecule has 0 aliphatic carbocycles. The average molecular weight is 382 g/mol. The van der Waals surface area contributed by atoms with Crippen molar-refractivity contribution in [1.29, 1.82) is 0 Å². The molecule has 8 nitrogen and oxygen atoms in total. The second-order valence-electron chi connectivity index (χ2n) is 6.80. The highest BCUT2D eigenvalue weighted by Gasteiger charge is 2.45. The number of nitrogens with zero attached hydrogens (tertiary/aromatic N) is 5. The van der Waals surface area contributed by atoms with Crippen LogP contribution in [0.3, 0.4) is 0 Å². The minimum absolute atomic E-state index is 0.0704. The third-order valence-electron chi connectivity index (χ3n) is 4.84. The summed E-state index contributed by atoms with van der Waals surface area (Å²) in [6.07, 6.45) is 3.81. The van der Waals surface area contributed by atoms with E-state index in [9.17, 15) is 9.18 Å². The van der Waals surface area contributed by atoms with Crippen LogP contribution in [-0.4, -0.2) is 49.2 Å². The number of piperidine rings is 1. The smallest absolute Gasteiger partial charge is 0.217 e. The summed E-state index contributed by atoms with van der Waals surface area (Å²) in [6, 6.07) is 9.65. The van der Waals surface area contributed by atoms with Gasteiger partial charge in [0, 0.05) is 30.4 Å². The van der Waals surface area contributed by atoms with Gasteiger partial charge in [-0.3, -0.25) is 4.79 Å². The number of nitrogens with one attached hydrogen (secondary N) is 1. The predicted molar refractivity (Wildman–Crippen MR) is 97.7 cm³/mol. The van der Waals surface area contributed by atoms with Crippen molar-refractivity contribution in [3.05, 3.63) is 60.3 Å². The molecule has 1 aliphatic heterocycles. The molecule has 2 aromatic heterocycles. The first-order valence-corrected chi connectivity index (χ1v) is 8.98. The Morgan fingerprint density at radius 3 is 2.93 bits per heavy atom. The number of rotatable bonds is 5. The van der Waals surface area contributed by atoms with Crippen molar-refractivity contribution in [3.8, 4) is 11.6 Å². The molecule has 0 amide bonds. The SMILES string of the molecule is C[C@@H]1CC[C@](Oc2cc(F)ccn2)(C(=O)c2ccccc2-n2ncnn2)CN1. The van der Waals surface area contributed by atoms with Crippen molar-refractivity contribution in [2.45, 2.75) is 31.4 Å². The number of ether oxygens (including phenoxy) is 1. The molecule has 1 aromatic carbocycles. The minimum Gasteiger partial charge on any atom is -0.461 e. The predicted octanol–water partition coefficient (Wildman–Crippen LogP) is 1.97. The van der Waals surface area contributed by atoms with Gasteiger partial charge in [-0.15, -0.1) is 15.0 Å². The fourth-order valence-corrected chi connectivity index (χ4v) is 3.31. The summed E-state index contributed by atoms with van der Waals surface area (Å²) >= 11 is 0. The van der Waals surface area contributed by atoms with Crippen molar-refractivity contribution >= 4 is 5.78 Å². The van der Waals surface area contributed by atoms with Crippen LogP contribution in [0.4, 0.5) is 4.39 Å². The van der Waals surface area contributed by atoms with E-state index in [0.29, 0.717) is 17.7 Å². The molecular formula is C19H19FN6O2. The van der Waals surface area contributed by atoms with E-state index in [-0.39, 0.29) is 24.2 Å². The van der Waals surface area contributed by atoms with E-state index in [0.717, 1.165) is 6.42 Å². The molecule has 144 valence electrons. The fourth-order valence-electron chi connectivity index (χ4n) is 3.31. The van der Waals surface area contributed by atoms with E-state index in [2.05, 4.69) is 25.7 Å². The van der Waals surface area contributed by atoms with Crippen LogP contribution < -0.4 is 10.1 Å². The highest BCUT2D eigenvalue weighted by Crippen LogP contribution is 2.31. The lowest BCUT2D eigenvalue weighted by Gasteiger charge is -2.38. The van der Waals surface area contributed by atoms with Crippen molar-refractivity contribution in [2.75, 3.05) is 6.54 Å². The summed E-state index contributed by atoms with van der Waals surface area (Å²) in [5.74, 6) is -0.649. The van der Waals surface area contributed by atoms with Gasteiger partial charge in [0.1, 0.15) is 5.82 Å². The zero-order valence-corrected chi connectivity index (χ0v) is 15.2. The molecule has 0 saturated carbocycles. The number of carbonyl (C=O) groups is 1. The molecule has 0 radical (unpaired) electrons. The number of Topliss-reactive ketones (excluding diaryl/α,β-unsaturated/α-hetero) is 1. The summed E-state index contributed by atoms with van der Waals surface area (Å²) in [7, 11) is 0. The quantitative estimate of drug-likeness (QED) is 0.674. The topological polar surface area (TPSA) is 94.8 Å². The maximum absolute atomic E-state index is 13.7. The second kappa shape index (κ2) is 7.43. The number of benzene rings is 1. The number of para-hydroxylation sites is 1. The number of pyridine rings is 1. The number of carbonyl (C=O) groups excluding carboxylic acids is 1. The van der Waals surface area contributed by atoms with E-state index in [1.54, 1.807) is 24.3 Å². The van der Waals surface area contributed by atoms with Gasteiger partial charge >= 0.3 is 0 Å². The highest BCUT2D eigenvalue weighted by molar-refractivity contribution is 6.05. The lowest BCUT2D eigenvalue weighted by atomic mass is 9.83. The van der Waals surface area contributed by atoms with Crippen molar-refractivity contribution in [1.82, 2.24) is 30.5 Å². The number of halogens is 1. The summed E-state index contributed by atoms with van der Waals surface area (Å²) in [5.41, 5.74) is -0.323. The molecule has 3 aromatic rings. The first kappa shape index (κ1) is 18.2. The van der Waals surface area contributed by atoms with Crippen LogP contribution in [0.15, 0.2) is 48.9 Å². The van der Waals surface area contributed by atoms with Crippen molar-refractivity contribution in [3.63, 3.8) is 0 Å². The molecule has 4 rings (SSSR count). The van der Waals surface area contributed by atoms with Crippen LogP contribution in [0.5, 0.6) is 5.88 Å². The van der Waals surface area contributed by atoms with E-state index >= 15 is 0 Å². The van der Waals surface area contributed by atoms with Crippen molar-refractivity contribution < 1.29 is 13.9 Å². The maximum atomic E-state index is 13.7. The molecule has 1 saturated heterocycles. The number of tetrazole rings is 1. The summed E-state index contributed by atoms with van der Waals surface area (Å²) in [6.45, 7) is 2.33. The standard InChI is InChI=1S/C19H19FN6O2/c1-13-6-8-19(11-22-13,28-17-10-14(20)7-9-21-17)18(27)15-4-2-3-5-16(15)26-24-12-23-25-26/h2-5,7,9-10,12-13,22H,6,8,11H2,1H3/t13-,19-/m1/s1. The lowest BCUT2D eigenvalue weighted by Crippen LogP contribution is -2.58. The Morgan fingerprint density at radius 2 is 2.21 bits per heavy atom. The largest absolute Gasteiger partial charge is 0.461 e. The van der Waals surface area contributed by atoms with Gasteiger partial charge in [0.05, 0.1) is 5.69 Å². The van der Waals surface area contributed by atoms with E-state index in [4.69, 9.17) is 4.74 Å². The molecule has 0 spiro atoms. The molecule has 0 bridgehead atoms. The molecule has 1 N–H and O–H groups in total. The zero-order chi connectivity index (χ0) is 19.6. The number of hydrogen-bond acceptors (Lipinski definition) is 7. The summed E-state index contributed by atoms with van der Waals surface area (Å²) in [4.78, 5) is 19.0. The Labute approximate surface area is 160 Å². The van der Waals surface area contributed by atoms with Gasteiger partial charge in [0.15, 0.2) is 11.9 Å². The van der Waals surface area contributed by atoms with E-state index in [1.807, 2.05) is 6.92 Å². The number of ketones is 1. The molecule has 0 unspecified atom stereocenters. The molecule has 28 heavy (non-hydrogen) atoms. The Bertz CT molecular complexity index is 970. The van der Waals surface area contributed by atoms with Crippen LogP contribution in [0.2, 0.25) is 0 Å². The Morgan fingerprint density at radius 1 is 1.36 bits per heavy atom. The summed E-state index contributed by atoms with van der Waals surface area (Å²) < 4.78 is 19.7. The Hall–Kier alpha value is -3.20. The monoisotopic (exact) mass is 382 g/mol. The van der Waals surface area contributed by atoms with Gasteiger partial charge in [0.2, 0.25) is 11.7 Å². The molecular weight excluding hydrogens is 363 g/mol. The molecule has 3 heterocycles. The van der Waals surface area contributed by atoms with Gasteiger partial charge < -0.3 is 10.1 Å². The molecule has 2 atom stereocenters. The van der Waals surface area contributed by atoms with E-state index < -0.39 is 11.4 Å². The third kappa shape index (κ3) is 3.48. The normalized spacial score (nSPS) is 22.0. The van der Waals surface area contributed by atoms with Gasteiger partial charge in [-0.1, -0.05) is 12.1 Å². The second-order valence-corrected chi connectivity index (χ2v) is 6.80. The van der Waals surface area contributed by atoms with Gasteiger partial charge in [0.25, 0.3) is 0 Å². The van der Waals surface area contributed by atoms with Crippen LogP contribution in [0.25, 0.3) is 5.69 Å². The number of hydrogen-bond donors (Lipinski definition) is 1. The molecule has 1 aliphatic rings. The van der Waals surface area contributed by atoms with Gasteiger partial charge in [-0.25, -0.2) is 9.37 Å². The van der Waals surface area contributed by atoms with Crippen LogP contribution in [0, 0.1) is 5.82 Å². The third-order valence-corrected chi connectivity index (χ3v) is 4.84. The lowest BCUT2D eigenvalue weighted by molar-refractivity contribution is 0.0262. The van der Waals surface area contributed by atoms with Crippen molar-refractivity contribution in [2.24, 2.45) is 0 Å². The first-order chi connectivity index (χ1) is 13.6. The summed E-state index contributed by atoms with van der Waals surface area (Å²) in [5, 5.41) is 14.9. The van der Waals surface area contributed by atoms with E-state index in [1.165, 1.54) is 29.5 Å². The highest BCUT2D eigenvalue weighted by atomic mass is 19.1. The number of aromatic nitrogens is 5. The first-order valence-electron chi connectivity index (χ1n) is 8.98. The van der Waals surface area contributed by atoms with Crippen LogP contribution in [0.1, 0.15) is 30.1 Å². The molecule has 1 fully saturated rings. The maximum Gasteiger partial charge on any atom is 0.217 e. The average Bonchev–Trinajstić information content (AvgIpc) is 3.24. The van der Waals surface area contributed by atoms with Crippen LogP contribution in [-0.2, 0) is 0 Å². The Kier molecular flexibility index (Phi) is 4.82.